The molecule has 1 aromatic heterocycles. The Balaban J connectivity index is 2.29. The van der Waals surface area contributed by atoms with Crippen LogP contribution in [0.4, 0.5) is 0 Å². The molecule has 1 heterocycles. The van der Waals surface area contributed by atoms with E-state index in [2.05, 4.69) is 10.3 Å². The number of amides is 1. The Labute approximate surface area is 118 Å². The van der Waals surface area contributed by atoms with Crippen LogP contribution in [0.5, 0.6) is 0 Å². The van der Waals surface area contributed by atoms with Crippen LogP contribution in [0.3, 0.4) is 0 Å². The Hall–Kier alpha value is -1.88. The summed E-state index contributed by atoms with van der Waals surface area (Å²) in [5.74, 6) is 0.156. The van der Waals surface area contributed by atoms with Gasteiger partial charge in [-0.3, -0.25) is 4.79 Å². The van der Waals surface area contributed by atoms with Crippen LogP contribution in [0.15, 0.2) is 24.5 Å². The molecule has 0 aliphatic rings. The molecule has 2 aromatic rings. The first-order chi connectivity index (χ1) is 9.54. The van der Waals surface area contributed by atoms with E-state index >= 15 is 0 Å². The molecule has 1 atom stereocenters. The van der Waals surface area contributed by atoms with E-state index in [-0.39, 0.29) is 24.5 Å². The number of benzene rings is 1. The summed E-state index contributed by atoms with van der Waals surface area (Å²) >= 11 is 0. The average molecular weight is 275 g/mol. The van der Waals surface area contributed by atoms with Gasteiger partial charge in [0.25, 0.3) is 5.91 Å². The lowest BCUT2D eigenvalue weighted by Crippen LogP contribution is -2.39. The number of hydrogen-bond acceptors (Lipinski definition) is 3. The minimum atomic E-state index is -0.119. The summed E-state index contributed by atoms with van der Waals surface area (Å²) in [6, 6.07) is 5.49. The SMILES string of the molecule is CC(C)C(CCO)NC(=O)c1cccc2ncn(C)c12. The number of aromatic nitrogens is 2. The monoisotopic (exact) mass is 275 g/mol. The topological polar surface area (TPSA) is 67.2 Å². The first-order valence-corrected chi connectivity index (χ1v) is 6.86. The van der Waals surface area contributed by atoms with Crippen LogP contribution in [-0.4, -0.2) is 33.2 Å². The molecule has 0 aliphatic carbocycles. The van der Waals surface area contributed by atoms with Crippen molar-refractivity contribution in [1.29, 1.82) is 0 Å². The van der Waals surface area contributed by atoms with E-state index in [0.29, 0.717) is 12.0 Å². The zero-order chi connectivity index (χ0) is 14.7. The van der Waals surface area contributed by atoms with Crippen molar-refractivity contribution in [2.75, 3.05) is 6.61 Å². The second-order valence-corrected chi connectivity index (χ2v) is 5.37. The molecule has 5 heteroatoms. The number of aryl methyl sites for hydroxylation is 1. The summed E-state index contributed by atoms with van der Waals surface area (Å²) in [6.45, 7) is 4.13. The number of nitrogens with zero attached hydrogens (tertiary/aromatic N) is 2. The molecule has 0 saturated carbocycles. The van der Waals surface area contributed by atoms with Gasteiger partial charge in [-0.2, -0.15) is 0 Å². The van der Waals surface area contributed by atoms with Crippen LogP contribution in [0.25, 0.3) is 11.0 Å². The number of aliphatic hydroxyl groups is 1. The standard InChI is InChI=1S/C15H21N3O2/c1-10(2)12(7-8-19)17-15(20)11-5-4-6-13-14(11)18(3)9-16-13/h4-6,9-10,12,19H,7-8H2,1-3H3,(H,17,20). The number of fused-ring (bicyclic) bond motifs is 1. The largest absolute Gasteiger partial charge is 0.396 e. The number of carbonyl (C=O) groups excluding carboxylic acids is 1. The number of rotatable bonds is 5. The van der Waals surface area contributed by atoms with Gasteiger partial charge in [-0.1, -0.05) is 19.9 Å². The second-order valence-electron chi connectivity index (χ2n) is 5.37. The predicted molar refractivity (Wildman–Crippen MR) is 78.5 cm³/mol. The molecular formula is C15H21N3O2. The quantitative estimate of drug-likeness (QED) is 0.873. The first-order valence-electron chi connectivity index (χ1n) is 6.86. The summed E-state index contributed by atoms with van der Waals surface area (Å²) < 4.78 is 1.85. The zero-order valence-corrected chi connectivity index (χ0v) is 12.1. The van der Waals surface area contributed by atoms with Gasteiger partial charge >= 0.3 is 0 Å². The summed E-state index contributed by atoms with van der Waals surface area (Å²) in [7, 11) is 1.87. The molecule has 0 bridgehead atoms. The summed E-state index contributed by atoms with van der Waals surface area (Å²) in [4.78, 5) is 16.7. The fourth-order valence-electron chi connectivity index (χ4n) is 2.35. The summed E-state index contributed by atoms with van der Waals surface area (Å²) in [5.41, 5.74) is 2.26. The zero-order valence-electron chi connectivity index (χ0n) is 12.1. The third-order valence-corrected chi connectivity index (χ3v) is 3.54. The number of aliphatic hydroxyl groups excluding tert-OH is 1. The molecule has 2 rings (SSSR count). The van der Waals surface area contributed by atoms with Crippen molar-refractivity contribution in [1.82, 2.24) is 14.9 Å². The van der Waals surface area contributed by atoms with Crippen LogP contribution >= 0.6 is 0 Å². The minimum Gasteiger partial charge on any atom is -0.396 e. The maximum absolute atomic E-state index is 12.5. The van der Waals surface area contributed by atoms with E-state index < -0.39 is 0 Å². The van der Waals surface area contributed by atoms with Gasteiger partial charge in [-0.05, 0) is 24.5 Å². The van der Waals surface area contributed by atoms with Crippen LogP contribution in [0, 0.1) is 5.92 Å². The van der Waals surface area contributed by atoms with Crippen LogP contribution in [0.2, 0.25) is 0 Å². The van der Waals surface area contributed by atoms with E-state index in [9.17, 15) is 4.79 Å². The highest BCUT2D eigenvalue weighted by atomic mass is 16.3. The fourth-order valence-corrected chi connectivity index (χ4v) is 2.35. The Bertz CT molecular complexity index is 604. The lowest BCUT2D eigenvalue weighted by Gasteiger charge is -2.21. The Morgan fingerprint density at radius 2 is 2.20 bits per heavy atom. The lowest BCUT2D eigenvalue weighted by molar-refractivity contribution is 0.0918. The van der Waals surface area contributed by atoms with Gasteiger partial charge in [0.1, 0.15) is 0 Å². The molecule has 1 amide bonds. The van der Waals surface area contributed by atoms with E-state index in [4.69, 9.17) is 5.11 Å². The molecule has 0 aliphatic heterocycles. The van der Waals surface area contributed by atoms with Crippen molar-refractivity contribution in [3.05, 3.63) is 30.1 Å². The van der Waals surface area contributed by atoms with Crippen molar-refractivity contribution < 1.29 is 9.90 Å². The van der Waals surface area contributed by atoms with Crippen molar-refractivity contribution in [3.8, 4) is 0 Å². The molecule has 20 heavy (non-hydrogen) atoms. The first kappa shape index (κ1) is 14.5. The van der Waals surface area contributed by atoms with Gasteiger partial charge in [0.05, 0.1) is 22.9 Å². The third-order valence-electron chi connectivity index (χ3n) is 3.54. The smallest absolute Gasteiger partial charge is 0.253 e. The van der Waals surface area contributed by atoms with Crippen LogP contribution < -0.4 is 5.32 Å². The molecule has 108 valence electrons. The molecular weight excluding hydrogens is 254 g/mol. The van der Waals surface area contributed by atoms with Gasteiger partial charge in [-0.25, -0.2) is 4.98 Å². The molecule has 0 saturated heterocycles. The lowest BCUT2D eigenvalue weighted by atomic mass is 10.0. The number of para-hydroxylation sites is 1. The summed E-state index contributed by atoms with van der Waals surface area (Å²) in [5, 5.41) is 12.1. The van der Waals surface area contributed by atoms with E-state index in [1.807, 2.05) is 37.6 Å². The molecule has 5 nitrogen and oxygen atoms in total. The molecule has 2 N–H and O–H groups in total. The molecule has 0 spiro atoms. The predicted octanol–water partition coefficient (Wildman–Crippen LogP) is 1.71. The maximum atomic E-state index is 12.5. The van der Waals surface area contributed by atoms with E-state index in [1.165, 1.54) is 0 Å². The van der Waals surface area contributed by atoms with Crippen molar-refractivity contribution in [3.63, 3.8) is 0 Å². The van der Waals surface area contributed by atoms with Gasteiger partial charge in [0.15, 0.2) is 0 Å². The third kappa shape index (κ3) is 2.82. The highest BCUT2D eigenvalue weighted by molar-refractivity contribution is 6.05. The molecule has 1 aromatic carbocycles. The highest BCUT2D eigenvalue weighted by Gasteiger charge is 2.19. The van der Waals surface area contributed by atoms with Crippen molar-refractivity contribution in [2.24, 2.45) is 13.0 Å². The fraction of sp³-hybridized carbons (Fsp3) is 0.467. The van der Waals surface area contributed by atoms with Gasteiger partial charge in [0.2, 0.25) is 0 Å². The number of hydrogen-bond donors (Lipinski definition) is 2. The van der Waals surface area contributed by atoms with Gasteiger partial charge < -0.3 is 15.0 Å². The van der Waals surface area contributed by atoms with Crippen molar-refractivity contribution in [2.45, 2.75) is 26.3 Å². The van der Waals surface area contributed by atoms with Crippen LogP contribution in [0.1, 0.15) is 30.6 Å². The molecule has 0 radical (unpaired) electrons. The summed E-state index contributed by atoms with van der Waals surface area (Å²) in [6.07, 6.45) is 2.26. The van der Waals surface area contributed by atoms with Crippen LogP contribution in [-0.2, 0) is 7.05 Å². The Morgan fingerprint density at radius 1 is 1.45 bits per heavy atom. The normalized spacial score (nSPS) is 12.8. The van der Waals surface area contributed by atoms with Gasteiger partial charge in [0, 0.05) is 19.7 Å². The van der Waals surface area contributed by atoms with Crippen molar-refractivity contribution >= 4 is 16.9 Å². The van der Waals surface area contributed by atoms with Gasteiger partial charge in [-0.15, -0.1) is 0 Å². The molecule has 0 fully saturated rings. The van der Waals surface area contributed by atoms with E-state index in [0.717, 1.165) is 11.0 Å². The highest BCUT2D eigenvalue weighted by Crippen LogP contribution is 2.17. The second kappa shape index (κ2) is 6.05. The molecule has 1 unspecified atom stereocenters. The number of imidazole rings is 1. The Kier molecular flexibility index (Phi) is 4.39. The number of carbonyl (C=O) groups is 1. The maximum Gasteiger partial charge on any atom is 0.253 e. The minimum absolute atomic E-state index is 0.0315. The Morgan fingerprint density at radius 3 is 2.85 bits per heavy atom. The number of nitrogens with one attached hydrogen (secondary N) is 1. The average Bonchev–Trinajstić information content (AvgIpc) is 2.80. The van der Waals surface area contributed by atoms with E-state index in [1.54, 1.807) is 12.4 Å².